The lowest BCUT2D eigenvalue weighted by Gasteiger charge is -2.54. The van der Waals surface area contributed by atoms with Crippen LogP contribution in [0.5, 0.6) is 11.5 Å². The fourth-order valence-corrected chi connectivity index (χ4v) is 6.33. The average Bonchev–Trinajstić information content (AvgIpc) is 2.75. The highest BCUT2D eigenvalue weighted by atomic mass is 32.2. The van der Waals surface area contributed by atoms with Crippen molar-refractivity contribution in [3.63, 3.8) is 0 Å². The minimum Gasteiger partial charge on any atom is -0.453 e. The molecule has 186 valence electrons. The van der Waals surface area contributed by atoms with Crippen LogP contribution in [0.2, 0.25) is 0 Å². The molecule has 6 rings (SSSR count). The van der Waals surface area contributed by atoms with Crippen LogP contribution in [0.25, 0.3) is 10.9 Å². The average molecular weight is 512 g/mol. The second kappa shape index (κ2) is 8.26. The number of ether oxygens (including phenoxy) is 2. The van der Waals surface area contributed by atoms with Crippen molar-refractivity contribution in [1.82, 2.24) is 13.9 Å². The fourth-order valence-electron chi connectivity index (χ4n) is 4.86. The number of aromatic nitrogens is 2. The zero-order chi connectivity index (χ0) is 25.1. The minimum absolute atomic E-state index is 0.0824. The molecule has 2 aromatic carbocycles. The van der Waals surface area contributed by atoms with E-state index in [-0.39, 0.29) is 39.4 Å². The summed E-state index contributed by atoms with van der Waals surface area (Å²) in [5.41, 5.74) is -0.157. The second-order valence-electron chi connectivity index (χ2n) is 9.57. The number of nitriles is 1. The number of nitrogens with one attached hydrogen (secondary N) is 1. The van der Waals surface area contributed by atoms with Gasteiger partial charge in [0, 0.05) is 13.1 Å². The van der Waals surface area contributed by atoms with Crippen LogP contribution in [0.1, 0.15) is 30.9 Å². The zero-order valence-electron chi connectivity index (χ0n) is 19.1. The molecule has 36 heavy (non-hydrogen) atoms. The summed E-state index contributed by atoms with van der Waals surface area (Å²) in [6.45, 7) is 1.71. The van der Waals surface area contributed by atoms with Gasteiger partial charge >= 0.3 is 10.2 Å². The lowest BCUT2D eigenvalue weighted by Crippen LogP contribution is -2.62. The minimum atomic E-state index is -3.91. The van der Waals surface area contributed by atoms with Crippen LogP contribution in [-0.2, 0) is 14.9 Å². The lowest BCUT2D eigenvalue weighted by atomic mass is 9.65. The Morgan fingerprint density at radius 2 is 2.00 bits per heavy atom. The Hall–Kier alpha value is -3.53. The predicted molar refractivity (Wildman–Crippen MR) is 127 cm³/mol. The standard InChI is InChI=1S/C24H22FN5O5S/c25-19-3-5-21(28-36(32,33)29-12-24(13-29)6-1-7-24)18(9-26)22(19)35-16-2-4-20-17(8-16)23(31)30(14-27-20)15-10-34-11-15/h2-5,8,14-15,28H,1,6-7,10-13H2. The quantitative estimate of drug-likeness (QED) is 0.539. The van der Waals surface area contributed by atoms with E-state index >= 15 is 0 Å². The third-order valence-corrected chi connectivity index (χ3v) is 8.64. The molecule has 0 unspecified atom stereocenters. The molecule has 0 radical (unpaired) electrons. The molecule has 1 aliphatic carbocycles. The molecule has 12 heteroatoms. The summed E-state index contributed by atoms with van der Waals surface area (Å²) in [6.07, 6.45) is 4.59. The molecule has 1 aromatic heterocycles. The molecular weight excluding hydrogens is 489 g/mol. The predicted octanol–water partition coefficient (Wildman–Crippen LogP) is 2.91. The van der Waals surface area contributed by atoms with Crippen molar-refractivity contribution < 1.29 is 22.3 Å². The molecule has 2 aliphatic heterocycles. The third-order valence-electron chi connectivity index (χ3n) is 7.23. The van der Waals surface area contributed by atoms with Crippen molar-refractivity contribution in [2.24, 2.45) is 5.41 Å². The van der Waals surface area contributed by atoms with Gasteiger partial charge < -0.3 is 9.47 Å². The summed E-state index contributed by atoms with van der Waals surface area (Å²) < 4.78 is 56.6. The van der Waals surface area contributed by atoms with Gasteiger partial charge in [0.1, 0.15) is 17.4 Å². The Balaban J connectivity index is 1.30. The molecule has 0 atom stereocenters. The molecule has 3 aliphatic rings. The van der Waals surface area contributed by atoms with E-state index in [1.165, 1.54) is 33.4 Å². The van der Waals surface area contributed by atoms with E-state index < -0.39 is 21.8 Å². The number of halogens is 1. The Morgan fingerprint density at radius 1 is 1.22 bits per heavy atom. The molecule has 1 spiro atoms. The Kier molecular flexibility index (Phi) is 5.26. The number of fused-ring (bicyclic) bond motifs is 1. The summed E-state index contributed by atoms with van der Waals surface area (Å²) in [4.78, 5) is 17.2. The van der Waals surface area contributed by atoms with Crippen molar-refractivity contribution in [2.75, 3.05) is 31.0 Å². The molecule has 1 saturated carbocycles. The normalized spacial score (nSPS) is 19.2. The Morgan fingerprint density at radius 3 is 2.64 bits per heavy atom. The molecule has 10 nitrogen and oxygen atoms in total. The van der Waals surface area contributed by atoms with Gasteiger partial charge in [-0.2, -0.15) is 18.0 Å². The van der Waals surface area contributed by atoms with Crippen LogP contribution >= 0.6 is 0 Å². The van der Waals surface area contributed by atoms with Crippen molar-refractivity contribution >= 4 is 26.8 Å². The highest BCUT2D eigenvalue weighted by molar-refractivity contribution is 7.90. The SMILES string of the molecule is N#Cc1c(NS(=O)(=O)N2CC3(CCC3)C2)ccc(F)c1Oc1ccc2ncn(C3COC3)c(=O)c2c1. The van der Waals surface area contributed by atoms with Crippen LogP contribution in [0.3, 0.4) is 0 Å². The van der Waals surface area contributed by atoms with Gasteiger partial charge in [0.05, 0.1) is 42.2 Å². The molecule has 3 fully saturated rings. The third kappa shape index (κ3) is 3.71. The first-order valence-electron chi connectivity index (χ1n) is 11.6. The second-order valence-corrected chi connectivity index (χ2v) is 11.2. The maximum Gasteiger partial charge on any atom is 0.301 e. The van der Waals surface area contributed by atoms with E-state index in [4.69, 9.17) is 9.47 Å². The Labute approximate surface area is 206 Å². The monoisotopic (exact) mass is 511 g/mol. The fraction of sp³-hybridized carbons (Fsp3) is 0.375. The number of nitrogens with zero attached hydrogens (tertiary/aromatic N) is 4. The van der Waals surface area contributed by atoms with Crippen molar-refractivity contribution in [2.45, 2.75) is 25.3 Å². The summed E-state index contributed by atoms with van der Waals surface area (Å²) in [5, 5.41) is 10.0. The molecule has 3 heterocycles. The van der Waals surface area contributed by atoms with Gasteiger partial charge in [-0.05, 0) is 48.6 Å². The highest BCUT2D eigenvalue weighted by Crippen LogP contribution is 2.49. The number of anilines is 1. The highest BCUT2D eigenvalue weighted by Gasteiger charge is 2.51. The van der Waals surface area contributed by atoms with Gasteiger partial charge in [-0.25, -0.2) is 9.37 Å². The summed E-state index contributed by atoms with van der Waals surface area (Å²) in [6, 6.07) is 8.46. The van der Waals surface area contributed by atoms with E-state index in [0.29, 0.717) is 31.8 Å². The van der Waals surface area contributed by atoms with Crippen LogP contribution < -0.4 is 15.0 Å². The summed E-state index contributed by atoms with van der Waals surface area (Å²) >= 11 is 0. The van der Waals surface area contributed by atoms with Crippen molar-refractivity contribution in [3.05, 3.63) is 58.4 Å². The zero-order valence-corrected chi connectivity index (χ0v) is 19.9. The van der Waals surface area contributed by atoms with Crippen LogP contribution in [-0.4, -0.2) is 48.6 Å². The van der Waals surface area contributed by atoms with Gasteiger partial charge in [0.25, 0.3) is 5.56 Å². The van der Waals surface area contributed by atoms with E-state index in [1.54, 1.807) is 6.07 Å². The number of benzene rings is 2. The van der Waals surface area contributed by atoms with Crippen LogP contribution in [0.4, 0.5) is 10.1 Å². The van der Waals surface area contributed by atoms with E-state index in [2.05, 4.69) is 9.71 Å². The smallest absolute Gasteiger partial charge is 0.301 e. The first-order valence-corrected chi connectivity index (χ1v) is 13.0. The number of hydrogen-bond acceptors (Lipinski definition) is 7. The largest absolute Gasteiger partial charge is 0.453 e. The first-order chi connectivity index (χ1) is 17.3. The van der Waals surface area contributed by atoms with E-state index in [0.717, 1.165) is 25.3 Å². The van der Waals surface area contributed by atoms with Crippen molar-refractivity contribution in [1.29, 1.82) is 5.26 Å². The van der Waals surface area contributed by atoms with E-state index in [1.807, 2.05) is 6.07 Å². The van der Waals surface area contributed by atoms with Crippen LogP contribution in [0, 0.1) is 22.6 Å². The van der Waals surface area contributed by atoms with Gasteiger partial charge in [-0.3, -0.25) is 14.1 Å². The topological polar surface area (TPSA) is 127 Å². The Bertz CT molecular complexity index is 1580. The first kappa shape index (κ1) is 22.9. The molecule has 1 N–H and O–H groups in total. The molecule has 0 bridgehead atoms. The van der Waals surface area contributed by atoms with Crippen molar-refractivity contribution in [3.8, 4) is 17.6 Å². The van der Waals surface area contributed by atoms with Gasteiger partial charge in [-0.1, -0.05) is 6.42 Å². The van der Waals surface area contributed by atoms with E-state index in [9.17, 15) is 22.9 Å². The molecule has 3 aromatic rings. The summed E-state index contributed by atoms with van der Waals surface area (Å²) in [5.74, 6) is -1.18. The number of hydrogen-bond donors (Lipinski definition) is 1. The van der Waals surface area contributed by atoms with Gasteiger partial charge in [0.2, 0.25) is 0 Å². The molecular formula is C24H22FN5O5S. The summed E-state index contributed by atoms with van der Waals surface area (Å²) in [7, 11) is -3.91. The lowest BCUT2D eigenvalue weighted by molar-refractivity contribution is -0.0250. The van der Waals surface area contributed by atoms with Gasteiger partial charge in [0.15, 0.2) is 11.6 Å². The maximum atomic E-state index is 14.8. The number of rotatable bonds is 6. The molecule has 2 saturated heterocycles. The molecule has 0 amide bonds. The maximum absolute atomic E-state index is 14.8. The van der Waals surface area contributed by atoms with Crippen LogP contribution in [0.15, 0.2) is 41.5 Å². The van der Waals surface area contributed by atoms with Gasteiger partial charge in [-0.15, -0.1) is 0 Å².